The van der Waals surface area contributed by atoms with Crippen molar-refractivity contribution >= 4 is 16.7 Å². The van der Waals surface area contributed by atoms with Gasteiger partial charge in [0.1, 0.15) is 6.04 Å². The molecule has 1 heterocycles. The van der Waals surface area contributed by atoms with Crippen molar-refractivity contribution in [3.63, 3.8) is 0 Å². The lowest BCUT2D eigenvalue weighted by Gasteiger charge is -2.08. The highest BCUT2D eigenvalue weighted by Crippen LogP contribution is 2.14. The van der Waals surface area contributed by atoms with Crippen molar-refractivity contribution in [3.8, 4) is 0 Å². The van der Waals surface area contributed by atoms with E-state index in [9.17, 15) is 4.79 Å². The van der Waals surface area contributed by atoms with E-state index in [0.29, 0.717) is 6.42 Å². The highest BCUT2D eigenvalue weighted by Gasteiger charge is 2.14. The molecule has 0 bridgehead atoms. The van der Waals surface area contributed by atoms with Gasteiger partial charge in [-0.1, -0.05) is 24.3 Å². The van der Waals surface area contributed by atoms with Gasteiger partial charge in [-0.3, -0.25) is 9.78 Å². The van der Waals surface area contributed by atoms with E-state index in [1.165, 1.54) is 7.11 Å². The quantitative estimate of drug-likeness (QED) is 0.807. The van der Waals surface area contributed by atoms with Crippen LogP contribution in [0.5, 0.6) is 0 Å². The minimum absolute atomic E-state index is 0.386. The molecule has 0 fully saturated rings. The topological polar surface area (TPSA) is 65.2 Å². The van der Waals surface area contributed by atoms with Crippen LogP contribution < -0.4 is 5.73 Å². The molecule has 4 heteroatoms. The third-order valence-corrected chi connectivity index (χ3v) is 2.62. The van der Waals surface area contributed by atoms with Crippen molar-refractivity contribution in [3.05, 3.63) is 42.2 Å². The Labute approximate surface area is 99.4 Å². The summed E-state index contributed by atoms with van der Waals surface area (Å²) in [6.07, 6.45) is 2.17. The van der Waals surface area contributed by atoms with Crippen molar-refractivity contribution in [2.45, 2.75) is 12.5 Å². The second kappa shape index (κ2) is 4.93. The second-order valence-electron chi connectivity index (χ2n) is 3.86. The minimum atomic E-state index is -0.659. The molecule has 0 aliphatic rings. The number of fused-ring (bicyclic) bond motifs is 1. The summed E-state index contributed by atoms with van der Waals surface area (Å²) < 4.78 is 4.58. The van der Waals surface area contributed by atoms with Gasteiger partial charge in [-0.25, -0.2) is 0 Å². The molecule has 0 radical (unpaired) electrons. The summed E-state index contributed by atoms with van der Waals surface area (Å²) in [6.45, 7) is 0. The smallest absolute Gasteiger partial charge is 0.323 e. The number of ether oxygens (including phenoxy) is 1. The molecule has 0 aliphatic carbocycles. The molecule has 1 unspecified atom stereocenters. The summed E-state index contributed by atoms with van der Waals surface area (Å²) >= 11 is 0. The minimum Gasteiger partial charge on any atom is -0.468 e. The molecule has 4 nitrogen and oxygen atoms in total. The van der Waals surface area contributed by atoms with Gasteiger partial charge in [0.05, 0.1) is 7.11 Å². The maximum atomic E-state index is 11.2. The third kappa shape index (κ3) is 2.60. The number of rotatable bonds is 3. The first-order valence-electron chi connectivity index (χ1n) is 5.38. The zero-order valence-corrected chi connectivity index (χ0v) is 9.59. The van der Waals surface area contributed by atoms with Crippen LogP contribution in [0.15, 0.2) is 36.5 Å². The monoisotopic (exact) mass is 230 g/mol. The van der Waals surface area contributed by atoms with Crippen LogP contribution in [0.3, 0.4) is 0 Å². The Kier molecular flexibility index (Phi) is 3.35. The molecule has 1 aromatic heterocycles. The fourth-order valence-electron chi connectivity index (χ4n) is 1.70. The van der Waals surface area contributed by atoms with Gasteiger partial charge in [0.2, 0.25) is 0 Å². The van der Waals surface area contributed by atoms with Gasteiger partial charge < -0.3 is 10.5 Å². The molecule has 2 N–H and O–H groups in total. The molecule has 17 heavy (non-hydrogen) atoms. The average Bonchev–Trinajstić information content (AvgIpc) is 2.37. The molecule has 1 aromatic carbocycles. The molecular weight excluding hydrogens is 216 g/mol. The van der Waals surface area contributed by atoms with Crippen LogP contribution in [-0.4, -0.2) is 24.1 Å². The van der Waals surface area contributed by atoms with Crippen LogP contribution in [0.2, 0.25) is 0 Å². The summed E-state index contributed by atoms with van der Waals surface area (Å²) in [6, 6.07) is 9.21. The van der Waals surface area contributed by atoms with Gasteiger partial charge in [-0.05, 0) is 11.5 Å². The van der Waals surface area contributed by atoms with Crippen molar-refractivity contribution < 1.29 is 9.53 Å². The van der Waals surface area contributed by atoms with E-state index in [2.05, 4.69) is 9.72 Å². The standard InChI is InChI=1S/C13H14N2O2/c1-17-13(16)12(14)7-11-6-9-4-2-3-5-10(9)8-15-11/h2-6,8,12H,7,14H2,1H3. The number of aromatic nitrogens is 1. The van der Waals surface area contributed by atoms with E-state index >= 15 is 0 Å². The number of carbonyl (C=O) groups excluding carboxylic acids is 1. The predicted octanol–water partition coefficient (Wildman–Crippen LogP) is 1.28. The van der Waals surface area contributed by atoms with Crippen molar-refractivity contribution in [1.29, 1.82) is 0 Å². The van der Waals surface area contributed by atoms with Crippen LogP contribution in [0.1, 0.15) is 5.69 Å². The molecule has 0 spiro atoms. The largest absolute Gasteiger partial charge is 0.468 e. The van der Waals surface area contributed by atoms with E-state index in [1.54, 1.807) is 6.20 Å². The van der Waals surface area contributed by atoms with Crippen molar-refractivity contribution in [2.24, 2.45) is 5.73 Å². The Balaban J connectivity index is 2.22. The number of pyridine rings is 1. The Morgan fingerprint density at radius 3 is 2.82 bits per heavy atom. The summed E-state index contributed by atoms with van der Waals surface area (Å²) in [5.74, 6) is -0.417. The third-order valence-electron chi connectivity index (χ3n) is 2.62. The van der Waals surface area contributed by atoms with Gasteiger partial charge in [-0.15, -0.1) is 0 Å². The number of hydrogen-bond acceptors (Lipinski definition) is 4. The predicted molar refractivity (Wildman–Crippen MR) is 65.4 cm³/mol. The van der Waals surface area contributed by atoms with Crippen LogP contribution in [0, 0.1) is 0 Å². The van der Waals surface area contributed by atoms with E-state index in [0.717, 1.165) is 16.5 Å². The first kappa shape index (κ1) is 11.5. The molecule has 0 aliphatic heterocycles. The molecule has 2 aromatic rings. The van der Waals surface area contributed by atoms with Gasteiger partial charge in [0.15, 0.2) is 0 Å². The maximum absolute atomic E-state index is 11.2. The molecule has 1 atom stereocenters. The lowest BCUT2D eigenvalue weighted by molar-refractivity contribution is -0.142. The molecule has 0 amide bonds. The second-order valence-corrected chi connectivity index (χ2v) is 3.86. The number of nitrogens with zero attached hydrogens (tertiary/aromatic N) is 1. The van der Waals surface area contributed by atoms with Crippen molar-refractivity contribution in [1.82, 2.24) is 4.98 Å². The van der Waals surface area contributed by atoms with E-state index < -0.39 is 12.0 Å². The SMILES string of the molecule is COC(=O)C(N)Cc1cc2ccccc2cn1. The van der Waals surface area contributed by atoms with Gasteiger partial charge in [-0.2, -0.15) is 0 Å². The van der Waals surface area contributed by atoms with Crippen LogP contribution in [0.25, 0.3) is 10.8 Å². The van der Waals surface area contributed by atoms with E-state index in [4.69, 9.17) is 5.73 Å². The van der Waals surface area contributed by atoms with Gasteiger partial charge in [0.25, 0.3) is 0 Å². The van der Waals surface area contributed by atoms with Crippen molar-refractivity contribution in [2.75, 3.05) is 7.11 Å². The number of esters is 1. The summed E-state index contributed by atoms with van der Waals surface area (Å²) in [4.78, 5) is 15.5. The maximum Gasteiger partial charge on any atom is 0.323 e. The summed E-state index contributed by atoms with van der Waals surface area (Å²) in [5.41, 5.74) is 6.48. The number of hydrogen-bond donors (Lipinski definition) is 1. The highest BCUT2D eigenvalue weighted by molar-refractivity contribution is 5.82. The summed E-state index contributed by atoms with van der Waals surface area (Å²) in [7, 11) is 1.33. The van der Waals surface area contributed by atoms with Crippen LogP contribution in [-0.2, 0) is 16.0 Å². The summed E-state index contributed by atoms with van der Waals surface area (Å²) in [5, 5.41) is 2.16. The fraction of sp³-hybridized carbons (Fsp3) is 0.231. The first-order chi connectivity index (χ1) is 8.20. The zero-order valence-electron chi connectivity index (χ0n) is 9.59. The lowest BCUT2D eigenvalue weighted by Crippen LogP contribution is -2.33. The molecular formula is C13H14N2O2. The Morgan fingerprint density at radius 1 is 1.41 bits per heavy atom. The number of nitrogens with two attached hydrogens (primary N) is 1. The lowest BCUT2D eigenvalue weighted by atomic mass is 10.1. The highest BCUT2D eigenvalue weighted by atomic mass is 16.5. The molecule has 0 saturated carbocycles. The van der Waals surface area contributed by atoms with Gasteiger partial charge >= 0.3 is 5.97 Å². The Morgan fingerprint density at radius 2 is 2.12 bits per heavy atom. The zero-order chi connectivity index (χ0) is 12.3. The van der Waals surface area contributed by atoms with E-state index in [1.807, 2.05) is 30.3 Å². The number of benzene rings is 1. The number of methoxy groups -OCH3 is 1. The molecule has 0 saturated heterocycles. The van der Waals surface area contributed by atoms with Crippen LogP contribution in [0.4, 0.5) is 0 Å². The normalized spacial score (nSPS) is 12.4. The van der Waals surface area contributed by atoms with Crippen LogP contribution >= 0.6 is 0 Å². The molecule has 2 rings (SSSR count). The number of carbonyl (C=O) groups is 1. The fourth-order valence-corrected chi connectivity index (χ4v) is 1.70. The average molecular weight is 230 g/mol. The molecule has 88 valence electrons. The van der Waals surface area contributed by atoms with Gasteiger partial charge in [0, 0.05) is 23.7 Å². The first-order valence-corrected chi connectivity index (χ1v) is 5.38. The Bertz CT molecular complexity index is 540. The Hall–Kier alpha value is -1.94. The van der Waals surface area contributed by atoms with E-state index in [-0.39, 0.29) is 0 Å².